The maximum absolute atomic E-state index is 11.0. The Kier molecular flexibility index (Phi) is 3.08. The van der Waals surface area contributed by atoms with E-state index in [1.165, 1.54) is 5.01 Å². The summed E-state index contributed by atoms with van der Waals surface area (Å²) in [7, 11) is 0. The number of carbonyl (C=O) groups excluding carboxylic acids is 2. The summed E-state index contributed by atoms with van der Waals surface area (Å²) in [6.07, 6.45) is 3.20. The van der Waals surface area contributed by atoms with E-state index in [1.807, 2.05) is 0 Å². The van der Waals surface area contributed by atoms with Crippen molar-refractivity contribution < 1.29 is 9.59 Å². The van der Waals surface area contributed by atoms with Crippen molar-refractivity contribution in [2.45, 2.75) is 32.6 Å². The molecule has 0 aromatic heterocycles. The summed E-state index contributed by atoms with van der Waals surface area (Å²) in [5.74, 6) is -0.285. The second kappa shape index (κ2) is 4.09. The zero-order chi connectivity index (χ0) is 8.97. The van der Waals surface area contributed by atoms with Crippen LogP contribution >= 0.6 is 0 Å². The van der Waals surface area contributed by atoms with Crippen molar-refractivity contribution in [3.05, 3.63) is 0 Å². The van der Waals surface area contributed by atoms with E-state index in [1.54, 1.807) is 0 Å². The summed E-state index contributed by atoms with van der Waals surface area (Å²) in [5, 5.41) is 1.41. The third kappa shape index (κ3) is 2.22. The Morgan fingerprint density at radius 2 is 2.17 bits per heavy atom. The Hall–Kier alpha value is -1.06. The fourth-order valence-corrected chi connectivity index (χ4v) is 1.19. The van der Waals surface area contributed by atoms with Crippen LogP contribution in [0.5, 0.6) is 0 Å². The van der Waals surface area contributed by atoms with Crippen LogP contribution in [-0.4, -0.2) is 23.4 Å². The van der Waals surface area contributed by atoms with Gasteiger partial charge in [-0.1, -0.05) is 19.8 Å². The maximum atomic E-state index is 11.0. The zero-order valence-corrected chi connectivity index (χ0v) is 7.30. The summed E-state index contributed by atoms with van der Waals surface area (Å²) in [5.41, 5.74) is 2.51. The van der Waals surface area contributed by atoms with Gasteiger partial charge in [-0.05, 0) is 6.42 Å². The predicted octanol–water partition coefficient (Wildman–Crippen LogP) is 0.440. The molecule has 1 saturated heterocycles. The van der Waals surface area contributed by atoms with Crippen LogP contribution in [0.1, 0.15) is 32.6 Å². The fourth-order valence-electron chi connectivity index (χ4n) is 1.19. The largest absolute Gasteiger partial charge is 0.273 e. The van der Waals surface area contributed by atoms with Gasteiger partial charge in [0, 0.05) is 6.54 Å². The molecule has 1 heterocycles. The van der Waals surface area contributed by atoms with Gasteiger partial charge in [0.25, 0.3) is 0 Å². The number of hydrazine groups is 1. The molecule has 1 fully saturated rings. The molecule has 0 saturated carbocycles. The smallest absolute Gasteiger partial charge is 0.250 e. The Morgan fingerprint density at radius 3 is 2.67 bits per heavy atom. The molecule has 0 unspecified atom stereocenters. The van der Waals surface area contributed by atoms with E-state index in [9.17, 15) is 9.59 Å². The molecule has 1 aliphatic rings. The van der Waals surface area contributed by atoms with Crippen LogP contribution in [0.4, 0.5) is 0 Å². The minimum Gasteiger partial charge on any atom is -0.273 e. The Bertz CT molecular complexity index is 191. The van der Waals surface area contributed by atoms with Gasteiger partial charge in [0.15, 0.2) is 0 Å². The van der Waals surface area contributed by atoms with E-state index >= 15 is 0 Å². The van der Waals surface area contributed by atoms with Crippen molar-refractivity contribution in [1.29, 1.82) is 0 Å². The summed E-state index contributed by atoms with van der Waals surface area (Å²) >= 11 is 0. The summed E-state index contributed by atoms with van der Waals surface area (Å²) in [6, 6.07) is 0. The number of carbonyl (C=O) groups is 2. The number of hydrogen-bond acceptors (Lipinski definition) is 2. The van der Waals surface area contributed by atoms with Crippen LogP contribution in [-0.2, 0) is 9.59 Å². The molecule has 68 valence electrons. The van der Waals surface area contributed by atoms with E-state index in [4.69, 9.17) is 0 Å². The van der Waals surface area contributed by atoms with Gasteiger partial charge >= 0.3 is 0 Å². The summed E-state index contributed by atoms with van der Waals surface area (Å²) in [4.78, 5) is 21.7. The molecule has 1 aliphatic heterocycles. The van der Waals surface area contributed by atoms with Gasteiger partial charge in [0.2, 0.25) is 11.8 Å². The highest BCUT2D eigenvalue weighted by atomic mass is 16.2. The van der Waals surface area contributed by atoms with E-state index in [0.717, 1.165) is 19.3 Å². The van der Waals surface area contributed by atoms with Gasteiger partial charge in [-0.3, -0.25) is 20.0 Å². The third-order valence-electron chi connectivity index (χ3n) is 1.86. The van der Waals surface area contributed by atoms with Crippen LogP contribution in [0.2, 0.25) is 0 Å². The van der Waals surface area contributed by atoms with Gasteiger partial charge in [0.05, 0.1) is 0 Å². The first kappa shape index (κ1) is 9.03. The quantitative estimate of drug-likeness (QED) is 0.491. The highest BCUT2D eigenvalue weighted by Crippen LogP contribution is 2.03. The first-order valence-corrected chi connectivity index (χ1v) is 4.34. The highest BCUT2D eigenvalue weighted by molar-refractivity contribution is 6.02. The van der Waals surface area contributed by atoms with Crippen LogP contribution in [0, 0.1) is 0 Å². The molecule has 4 nitrogen and oxygen atoms in total. The highest BCUT2D eigenvalue weighted by Gasteiger charge is 2.25. The van der Waals surface area contributed by atoms with Crippen LogP contribution in [0.25, 0.3) is 0 Å². The molecular formula is C8H14N2O2. The normalized spacial score (nSPS) is 16.9. The number of hydrogen-bond donors (Lipinski definition) is 1. The van der Waals surface area contributed by atoms with E-state index < -0.39 is 0 Å². The fraction of sp³-hybridized carbons (Fsp3) is 0.750. The lowest BCUT2D eigenvalue weighted by atomic mass is 10.2. The van der Waals surface area contributed by atoms with Crippen molar-refractivity contribution >= 4 is 11.8 Å². The minimum atomic E-state index is -0.184. The van der Waals surface area contributed by atoms with Crippen LogP contribution < -0.4 is 5.43 Å². The maximum Gasteiger partial charge on any atom is 0.250 e. The predicted molar refractivity (Wildman–Crippen MR) is 44.0 cm³/mol. The Labute approximate surface area is 71.9 Å². The Morgan fingerprint density at radius 1 is 1.42 bits per heavy atom. The third-order valence-corrected chi connectivity index (χ3v) is 1.86. The monoisotopic (exact) mass is 170 g/mol. The van der Waals surface area contributed by atoms with Crippen molar-refractivity contribution in [3.63, 3.8) is 0 Å². The molecule has 0 atom stereocenters. The molecular weight excluding hydrogens is 156 g/mol. The van der Waals surface area contributed by atoms with Gasteiger partial charge in [-0.2, -0.15) is 0 Å². The first-order chi connectivity index (χ1) is 5.74. The first-order valence-electron chi connectivity index (χ1n) is 4.34. The van der Waals surface area contributed by atoms with Crippen molar-refractivity contribution in [1.82, 2.24) is 10.4 Å². The molecule has 2 amide bonds. The average Bonchev–Trinajstić information content (AvgIpc) is 2.31. The van der Waals surface area contributed by atoms with Gasteiger partial charge in [-0.15, -0.1) is 0 Å². The average molecular weight is 170 g/mol. The molecule has 0 bridgehead atoms. The number of unbranched alkanes of at least 4 members (excludes halogenated alkanes) is 2. The van der Waals surface area contributed by atoms with E-state index in [-0.39, 0.29) is 18.2 Å². The summed E-state index contributed by atoms with van der Waals surface area (Å²) < 4.78 is 0. The van der Waals surface area contributed by atoms with E-state index in [2.05, 4.69) is 12.3 Å². The molecule has 0 aliphatic carbocycles. The molecule has 1 N–H and O–H groups in total. The second-order valence-electron chi connectivity index (χ2n) is 2.96. The number of nitrogens with zero attached hydrogens (tertiary/aromatic N) is 1. The molecule has 0 aromatic carbocycles. The zero-order valence-electron chi connectivity index (χ0n) is 7.30. The SMILES string of the molecule is CCCCCN1NC(=O)CC1=O. The lowest BCUT2D eigenvalue weighted by Crippen LogP contribution is -2.36. The van der Waals surface area contributed by atoms with Gasteiger partial charge < -0.3 is 0 Å². The van der Waals surface area contributed by atoms with E-state index in [0.29, 0.717) is 6.54 Å². The Balaban J connectivity index is 2.24. The molecule has 0 aromatic rings. The molecule has 1 rings (SSSR count). The molecule has 0 radical (unpaired) electrons. The van der Waals surface area contributed by atoms with Crippen molar-refractivity contribution in [3.8, 4) is 0 Å². The topological polar surface area (TPSA) is 49.4 Å². The number of nitrogens with one attached hydrogen (secondary N) is 1. The lowest BCUT2D eigenvalue weighted by molar-refractivity contribution is -0.129. The summed E-state index contributed by atoms with van der Waals surface area (Å²) in [6.45, 7) is 2.75. The standard InChI is InChI=1S/C8H14N2O2/c1-2-3-4-5-10-8(12)6-7(11)9-10/h2-6H2,1H3,(H,9,11). The van der Waals surface area contributed by atoms with Crippen molar-refractivity contribution in [2.24, 2.45) is 0 Å². The second-order valence-corrected chi connectivity index (χ2v) is 2.96. The van der Waals surface area contributed by atoms with Crippen LogP contribution in [0.15, 0.2) is 0 Å². The lowest BCUT2D eigenvalue weighted by Gasteiger charge is -2.13. The number of rotatable bonds is 4. The molecule has 0 spiro atoms. The van der Waals surface area contributed by atoms with Gasteiger partial charge in [0.1, 0.15) is 6.42 Å². The van der Waals surface area contributed by atoms with Crippen molar-refractivity contribution in [2.75, 3.05) is 6.54 Å². The molecule has 4 heteroatoms. The number of amides is 2. The molecule has 12 heavy (non-hydrogen) atoms. The van der Waals surface area contributed by atoms with Crippen LogP contribution in [0.3, 0.4) is 0 Å². The van der Waals surface area contributed by atoms with Gasteiger partial charge in [-0.25, -0.2) is 0 Å². The minimum absolute atomic E-state index is 0.0200.